The monoisotopic (exact) mass is 599 g/mol. The zero-order valence-corrected chi connectivity index (χ0v) is 25.2. The predicted molar refractivity (Wildman–Crippen MR) is 193 cm³/mol. The zero-order chi connectivity index (χ0) is 31.1. The molecule has 3 aromatic heterocycles. The molecule has 0 fully saturated rings. The summed E-state index contributed by atoms with van der Waals surface area (Å²) in [4.78, 5) is 0. The van der Waals surface area contributed by atoms with E-state index in [2.05, 4.69) is 149 Å². The van der Waals surface area contributed by atoms with Crippen LogP contribution in [0.25, 0.3) is 88.1 Å². The molecule has 0 unspecified atom stereocenters. The molecule has 4 nitrogen and oxygen atoms in total. The Morgan fingerprint density at radius 2 is 1.04 bits per heavy atom. The Morgan fingerprint density at radius 3 is 1.74 bits per heavy atom. The summed E-state index contributed by atoms with van der Waals surface area (Å²) < 4.78 is 10.8. The smallest absolute Gasteiger partial charge is 0.136 e. The van der Waals surface area contributed by atoms with Crippen LogP contribution in [0.1, 0.15) is 5.56 Å². The second-order valence-electron chi connectivity index (χ2n) is 12.0. The van der Waals surface area contributed by atoms with E-state index in [1.807, 2.05) is 18.2 Å². The van der Waals surface area contributed by atoms with Crippen molar-refractivity contribution in [1.82, 2.24) is 9.13 Å². The van der Waals surface area contributed by atoms with Gasteiger partial charge in [-0.3, -0.25) is 0 Å². The van der Waals surface area contributed by atoms with E-state index in [0.717, 1.165) is 66.5 Å². The van der Waals surface area contributed by atoms with Crippen LogP contribution < -0.4 is 0 Å². The maximum atomic E-state index is 10.4. The van der Waals surface area contributed by atoms with E-state index >= 15 is 0 Å². The van der Waals surface area contributed by atoms with Gasteiger partial charge >= 0.3 is 0 Å². The van der Waals surface area contributed by atoms with Crippen molar-refractivity contribution in [2.24, 2.45) is 0 Å². The van der Waals surface area contributed by atoms with Crippen molar-refractivity contribution >= 4 is 65.6 Å². The number of aromatic nitrogens is 2. The lowest BCUT2D eigenvalue weighted by atomic mass is 10.0. The molecule has 47 heavy (non-hydrogen) atoms. The van der Waals surface area contributed by atoms with Crippen LogP contribution in [0.4, 0.5) is 0 Å². The second kappa shape index (κ2) is 9.71. The molecule has 7 aromatic carbocycles. The summed E-state index contributed by atoms with van der Waals surface area (Å²) in [6.45, 7) is 0. The van der Waals surface area contributed by atoms with Gasteiger partial charge in [0.2, 0.25) is 0 Å². The van der Waals surface area contributed by atoms with Gasteiger partial charge in [0.05, 0.1) is 33.3 Å². The van der Waals surface area contributed by atoms with Crippen molar-refractivity contribution in [3.63, 3.8) is 0 Å². The minimum Gasteiger partial charge on any atom is -0.456 e. The van der Waals surface area contributed by atoms with Gasteiger partial charge in [0, 0.05) is 38.0 Å². The summed E-state index contributed by atoms with van der Waals surface area (Å²) >= 11 is 0. The number of benzene rings is 7. The molecule has 0 spiro atoms. The van der Waals surface area contributed by atoms with E-state index < -0.39 is 0 Å². The van der Waals surface area contributed by atoms with Gasteiger partial charge in [-0.1, -0.05) is 91.0 Å². The molecule has 0 aliphatic carbocycles. The molecule has 3 heterocycles. The molecule has 10 aromatic rings. The molecule has 0 atom stereocenters. The largest absolute Gasteiger partial charge is 0.456 e. The Balaban J connectivity index is 1.11. The Hall–Kier alpha value is -6.57. The van der Waals surface area contributed by atoms with Crippen LogP contribution in [0.2, 0.25) is 0 Å². The third-order valence-corrected chi connectivity index (χ3v) is 9.57. The lowest BCUT2D eigenvalue weighted by Gasteiger charge is -2.13. The Morgan fingerprint density at radius 1 is 0.447 bits per heavy atom. The van der Waals surface area contributed by atoms with Gasteiger partial charge in [-0.15, -0.1) is 0 Å². The summed E-state index contributed by atoms with van der Waals surface area (Å²) in [6.07, 6.45) is 0. The summed E-state index contributed by atoms with van der Waals surface area (Å²) in [5.74, 6) is 0. The van der Waals surface area contributed by atoms with Crippen LogP contribution >= 0.6 is 0 Å². The highest BCUT2D eigenvalue weighted by atomic mass is 16.3. The molecule has 0 saturated carbocycles. The molecule has 4 heteroatoms. The summed E-state index contributed by atoms with van der Waals surface area (Å²) in [5, 5.41) is 17.4. The Kier molecular flexibility index (Phi) is 5.32. The van der Waals surface area contributed by atoms with Gasteiger partial charge in [0.15, 0.2) is 0 Å². The topological polar surface area (TPSA) is 46.8 Å². The van der Waals surface area contributed by atoms with E-state index in [-0.39, 0.29) is 0 Å². The fourth-order valence-corrected chi connectivity index (χ4v) is 7.54. The molecule has 0 aliphatic rings. The summed E-state index contributed by atoms with van der Waals surface area (Å²) in [7, 11) is 0. The van der Waals surface area contributed by atoms with E-state index in [1.165, 1.54) is 21.5 Å². The predicted octanol–water partition coefficient (Wildman–Crippen LogP) is 11.3. The van der Waals surface area contributed by atoms with Crippen molar-refractivity contribution in [2.75, 3.05) is 0 Å². The third kappa shape index (κ3) is 3.63. The number of hydrogen-bond donors (Lipinski definition) is 0. The van der Waals surface area contributed by atoms with Crippen molar-refractivity contribution in [1.29, 1.82) is 5.26 Å². The molecular weight excluding hydrogens is 574 g/mol. The van der Waals surface area contributed by atoms with Gasteiger partial charge in [-0.05, 0) is 71.8 Å². The molecule has 0 saturated heterocycles. The fourth-order valence-electron chi connectivity index (χ4n) is 7.54. The highest BCUT2D eigenvalue weighted by Gasteiger charge is 2.19. The van der Waals surface area contributed by atoms with Crippen LogP contribution in [-0.2, 0) is 0 Å². The number of nitriles is 1. The van der Waals surface area contributed by atoms with Crippen LogP contribution in [0.15, 0.2) is 156 Å². The first-order valence-electron chi connectivity index (χ1n) is 15.8. The number of para-hydroxylation sites is 4. The first-order valence-corrected chi connectivity index (χ1v) is 15.8. The number of rotatable bonds is 3. The standard InChI is InChI=1S/C43H25N3O/c44-26-29-25-28(19-22-35(29)46-36-13-5-1-9-31(36)32-10-2-6-14-37(32)46)27-17-20-30(21-18-27)45-38-15-7-3-11-33(38)42-39(45)23-24-41-43(42)34-12-4-8-16-40(34)47-41/h1-25H. The number of nitrogens with zero attached hydrogens (tertiary/aromatic N) is 3. The molecule has 0 amide bonds. The number of hydrogen-bond acceptors (Lipinski definition) is 2. The van der Waals surface area contributed by atoms with Gasteiger partial charge in [0.25, 0.3) is 0 Å². The molecule has 0 radical (unpaired) electrons. The van der Waals surface area contributed by atoms with Crippen LogP contribution in [0, 0.1) is 11.3 Å². The van der Waals surface area contributed by atoms with E-state index in [1.54, 1.807) is 0 Å². The lowest BCUT2D eigenvalue weighted by molar-refractivity contribution is 0.669. The molecule has 0 bridgehead atoms. The maximum absolute atomic E-state index is 10.4. The Bertz CT molecular complexity index is 2860. The van der Waals surface area contributed by atoms with Crippen LogP contribution in [0.3, 0.4) is 0 Å². The SMILES string of the molecule is N#Cc1cc(-c2ccc(-n3c4ccccc4c4c5c(ccc43)oc3ccccc35)cc2)ccc1-n1c2ccccc2c2ccccc21. The average molecular weight is 600 g/mol. The average Bonchev–Trinajstić information content (AvgIpc) is 3.79. The first-order chi connectivity index (χ1) is 23.3. The Labute approximate surface area is 269 Å². The first kappa shape index (κ1) is 25.7. The minimum absolute atomic E-state index is 0.636. The van der Waals surface area contributed by atoms with Crippen molar-refractivity contribution in [2.45, 2.75) is 0 Å². The zero-order valence-electron chi connectivity index (χ0n) is 25.2. The molecule has 218 valence electrons. The van der Waals surface area contributed by atoms with Crippen LogP contribution in [0.5, 0.6) is 0 Å². The van der Waals surface area contributed by atoms with E-state index in [0.29, 0.717) is 5.56 Å². The maximum Gasteiger partial charge on any atom is 0.136 e. The van der Waals surface area contributed by atoms with Gasteiger partial charge in [0.1, 0.15) is 17.2 Å². The summed E-state index contributed by atoms with van der Waals surface area (Å²) in [5.41, 5.74) is 10.9. The quantitative estimate of drug-likeness (QED) is 0.203. The third-order valence-electron chi connectivity index (χ3n) is 9.57. The summed E-state index contributed by atoms with van der Waals surface area (Å²) in [6, 6.07) is 55.2. The van der Waals surface area contributed by atoms with Gasteiger partial charge in [-0.25, -0.2) is 0 Å². The minimum atomic E-state index is 0.636. The van der Waals surface area contributed by atoms with Crippen molar-refractivity contribution in [3.05, 3.63) is 157 Å². The molecule has 10 rings (SSSR count). The highest BCUT2D eigenvalue weighted by molar-refractivity contribution is 6.27. The van der Waals surface area contributed by atoms with Gasteiger partial charge in [-0.2, -0.15) is 5.26 Å². The highest BCUT2D eigenvalue weighted by Crippen LogP contribution is 2.41. The van der Waals surface area contributed by atoms with E-state index in [9.17, 15) is 5.26 Å². The van der Waals surface area contributed by atoms with E-state index in [4.69, 9.17) is 4.42 Å². The van der Waals surface area contributed by atoms with Gasteiger partial charge < -0.3 is 13.6 Å². The lowest BCUT2D eigenvalue weighted by Crippen LogP contribution is -1.98. The van der Waals surface area contributed by atoms with Crippen LogP contribution in [-0.4, -0.2) is 9.13 Å². The second-order valence-corrected chi connectivity index (χ2v) is 12.0. The molecule has 0 N–H and O–H groups in total. The number of furan rings is 1. The number of fused-ring (bicyclic) bond motifs is 10. The fraction of sp³-hybridized carbons (Fsp3) is 0. The molecule has 0 aliphatic heterocycles. The molecular formula is C43H25N3O. The van der Waals surface area contributed by atoms with Crippen molar-refractivity contribution < 1.29 is 4.42 Å². The van der Waals surface area contributed by atoms with Crippen molar-refractivity contribution in [3.8, 4) is 28.6 Å². The normalized spacial score (nSPS) is 11.8.